The maximum absolute atomic E-state index is 12.3. The summed E-state index contributed by atoms with van der Waals surface area (Å²) in [5.74, 6) is 0.781. The van der Waals surface area contributed by atoms with Crippen LogP contribution in [0.3, 0.4) is 0 Å². The summed E-state index contributed by atoms with van der Waals surface area (Å²) < 4.78 is 10.4. The van der Waals surface area contributed by atoms with E-state index in [1.165, 1.54) is 12.7 Å². The second-order valence-electron chi connectivity index (χ2n) is 5.29. The van der Waals surface area contributed by atoms with Gasteiger partial charge in [-0.15, -0.1) is 0 Å². The third kappa shape index (κ3) is 4.13. The zero-order chi connectivity index (χ0) is 17.5. The molecule has 126 valence electrons. The Kier molecular flexibility index (Phi) is 5.95. The molecular weight excluding hydrogens is 304 g/mol. The lowest BCUT2D eigenvalue weighted by molar-refractivity contribution is 0.0954. The predicted octanol–water partition coefficient (Wildman–Crippen LogP) is 3.56. The van der Waals surface area contributed by atoms with Gasteiger partial charge in [-0.1, -0.05) is 36.8 Å². The van der Waals surface area contributed by atoms with Gasteiger partial charge in [0.05, 0.1) is 19.9 Å². The molecule has 0 fully saturated rings. The molecule has 0 atom stereocenters. The molecule has 1 N–H and O–H groups in total. The quantitative estimate of drug-likeness (QED) is 0.652. The maximum atomic E-state index is 12.3. The lowest BCUT2D eigenvalue weighted by Crippen LogP contribution is -2.20. The van der Waals surface area contributed by atoms with Gasteiger partial charge >= 0.3 is 0 Å². The van der Waals surface area contributed by atoms with Gasteiger partial charge in [0.15, 0.2) is 11.5 Å². The summed E-state index contributed by atoms with van der Waals surface area (Å²) in [5, 5.41) is 4.26. The van der Waals surface area contributed by atoms with Gasteiger partial charge < -0.3 is 9.47 Å². The topological polar surface area (TPSA) is 59.9 Å². The number of nitrogens with one attached hydrogen (secondary N) is 1. The molecule has 2 aromatic rings. The first-order chi connectivity index (χ1) is 11.6. The molecule has 0 bridgehead atoms. The molecule has 0 spiro atoms. The Morgan fingerprint density at radius 2 is 1.62 bits per heavy atom. The average molecular weight is 326 g/mol. The number of ether oxygens (including phenoxy) is 2. The number of carbonyl (C=O) groups is 1. The number of hydrogen-bond donors (Lipinski definition) is 1. The number of rotatable bonds is 6. The van der Waals surface area contributed by atoms with Crippen LogP contribution in [0.15, 0.2) is 47.6 Å². The van der Waals surface area contributed by atoms with Crippen LogP contribution < -0.4 is 14.9 Å². The second-order valence-corrected chi connectivity index (χ2v) is 5.29. The van der Waals surface area contributed by atoms with Gasteiger partial charge in [0.1, 0.15) is 0 Å². The molecule has 0 aliphatic heterocycles. The third-order valence-electron chi connectivity index (χ3n) is 3.66. The molecule has 0 saturated heterocycles. The van der Waals surface area contributed by atoms with Crippen molar-refractivity contribution in [3.8, 4) is 11.5 Å². The highest BCUT2D eigenvalue weighted by atomic mass is 16.5. The highest BCUT2D eigenvalue weighted by Crippen LogP contribution is 2.27. The van der Waals surface area contributed by atoms with Gasteiger partial charge in [-0.05, 0) is 37.1 Å². The Hall–Kier alpha value is -2.82. The van der Waals surface area contributed by atoms with E-state index in [0.717, 1.165) is 17.7 Å². The van der Waals surface area contributed by atoms with Crippen LogP contribution in [0.5, 0.6) is 11.5 Å². The standard InChI is InChI=1S/C19H22N2O3/c1-5-16(14-8-6-13(2)7-9-14)20-21-19(22)15-10-11-17(23-3)18(12-15)24-4/h6-12H,5H2,1-4H3,(H,21,22). The molecule has 5 heteroatoms. The van der Waals surface area contributed by atoms with Gasteiger partial charge in [-0.2, -0.15) is 5.10 Å². The Balaban J connectivity index is 2.17. The molecule has 0 aliphatic rings. The van der Waals surface area contributed by atoms with Gasteiger partial charge in [0.25, 0.3) is 5.91 Å². The van der Waals surface area contributed by atoms with Crippen molar-refractivity contribution >= 4 is 11.6 Å². The number of benzene rings is 2. The van der Waals surface area contributed by atoms with Crippen LogP contribution in [0.4, 0.5) is 0 Å². The molecule has 24 heavy (non-hydrogen) atoms. The Morgan fingerprint density at radius 3 is 2.21 bits per heavy atom. The molecule has 0 radical (unpaired) electrons. The molecule has 0 aliphatic carbocycles. The van der Waals surface area contributed by atoms with E-state index in [1.807, 2.05) is 38.1 Å². The molecule has 2 aromatic carbocycles. The first-order valence-corrected chi connectivity index (χ1v) is 7.75. The van der Waals surface area contributed by atoms with E-state index >= 15 is 0 Å². The first kappa shape index (κ1) is 17.5. The number of hydrazone groups is 1. The highest BCUT2D eigenvalue weighted by molar-refractivity contribution is 6.02. The van der Waals surface area contributed by atoms with Crippen molar-refractivity contribution < 1.29 is 14.3 Å². The average Bonchev–Trinajstić information content (AvgIpc) is 2.62. The monoisotopic (exact) mass is 326 g/mol. The fourth-order valence-corrected chi connectivity index (χ4v) is 2.25. The van der Waals surface area contributed by atoms with Gasteiger partial charge in [0, 0.05) is 5.56 Å². The number of hydrogen-bond acceptors (Lipinski definition) is 4. The fourth-order valence-electron chi connectivity index (χ4n) is 2.25. The lowest BCUT2D eigenvalue weighted by atomic mass is 10.1. The number of methoxy groups -OCH3 is 2. The summed E-state index contributed by atoms with van der Waals surface area (Å²) in [6.45, 7) is 4.03. The second kappa shape index (κ2) is 8.15. The number of nitrogens with zero attached hydrogens (tertiary/aromatic N) is 1. The molecule has 0 heterocycles. The van der Waals surface area contributed by atoms with Gasteiger partial charge in [-0.25, -0.2) is 5.43 Å². The SMILES string of the molecule is CCC(=NNC(=O)c1ccc(OC)c(OC)c1)c1ccc(C)cc1. The van der Waals surface area contributed by atoms with Crippen LogP contribution >= 0.6 is 0 Å². The fraction of sp³-hybridized carbons (Fsp3) is 0.263. The molecular formula is C19H22N2O3. The van der Waals surface area contributed by atoms with E-state index in [-0.39, 0.29) is 5.91 Å². The summed E-state index contributed by atoms with van der Waals surface area (Å²) in [6.07, 6.45) is 0.718. The van der Waals surface area contributed by atoms with E-state index in [4.69, 9.17) is 9.47 Å². The number of carbonyl (C=O) groups excluding carboxylic acids is 1. The Labute approximate surface area is 142 Å². The molecule has 5 nitrogen and oxygen atoms in total. The van der Waals surface area contributed by atoms with Crippen LogP contribution in [0, 0.1) is 6.92 Å². The summed E-state index contributed by atoms with van der Waals surface area (Å²) in [4.78, 5) is 12.3. The van der Waals surface area contributed by atoms with Crippen LogP contribution in [-0.2, 0) is 0 Å². The van der Waals surface area contributed by atoms with E-state index < -0.39 is 0 Å². The van der Waals surface area contributed by atoms with Crippen LogP contribution in [0.2, 0.25) is 0 Å². The van der Waals surface area contributed by atoms with E-state index in [9.17, 15) is 4.79 Å². The smallest absolute Gasteiger partial charge is 0.271 e. The summed E-state index contributed by atoms with van der Waals surface area (Å²) in [6, 6.07) is 13.0. The van der Waals surface area contributed by atoms with Crippen molar-refractivity contribution in [2.75, 3.05) is 14.2 Å². The Morgan fingerprint density at radius 1 is 1.00 bits per heavy atom. The molecule has 0 saturated carbocycles. The zero-order valence-electron chi connectivity index (χ0n) is 14.4. The molecule has 0 aromatic heterocycles. The van der Waals surface area contributed by atoms with Crippen molar-refractivity contribution in [2.45, 2.75) is 20.3 Å². The summed E-state index contributed by atoms with van der Waals surface area (Å²) in [5.41, 5.74) is 6.06. The number of aryl methyl sites for hydroxylation is 1. The third-order valence-corrected chi connectivity index (χ3v) is 3.66. The zero-order valence-corrected chi connectivity index (χ0v) is 14.4. The largest absolute Gasteiger partial charge is 0.493 e. The minimum absolute atomic E-state index is 0.297. The molecule has 2 rings (SSSR count). The van der Waals surface area contributed by atoms with Crippen LogP contribution in [-0.4, -0.2) is 25.8 Å². The van der Waals surface area contributed by atoms with Gasteiger partial charge in [0.2, 0.25) is 0 Å². The van der Waals surface area contributed by atoms with Crippen molar-refractivity contribution in [1.82, 2.24) is 5.43 Å². The van der Waals surface area contributed by atoms with E-state index in [2.05, 4.69) is 10.5 Å². The van der Waals surface area contributed by atoms with Crippen LogP contribution in [0.1, 0.15) is 34.8 Å². The molecule has 1 amide bonds. The maximum Gasteiger partial charge on any atom is 0.271 e. The Bertz CT molecular complexity index is 737. The van der Waals surface area contributed by atoms with E-state index in [1.54, 1.807) is 25.3 Å². The molecule has 0 unspecified atom stereocenters. The predicted molar refractivity (Wildman–Crippen MR) is 95.0 cm³/mol. The minimum Gasteiger partial charge on any atom is -0.493 e. The van der Waals surface area contributed by atoms with Crippen molar-refractivity contribution in [3.63, 3.8) is 0 Å². The summed E-state index contributed by atoms with van der Waals surface area (Å²) in [7, 11) is 3.08. The first-order valence-electron chi connectivity index (χ1n) is 7.75. The van der Waals surface area contributed by atoms with Gasteiger partial charge in [-0.3, -0.25) is 4.79 Å². The van der Waals surface area contributed by atoms with Crippen molar-refractivity contribution in [3.05, 3.63) is 59.2 Å². The normalized spacial score (nSPS) is 11.1. The number of amides is 1. The van der Waals surface area contributed by atoms with Crippen molar-refractivity contribution in [2.24, 2.45) is 5.10 Å². The van der Waals surface area contributed by atoms with Crippen molar-refractivity contribution in [1.29, 1.82) is 0 Å². The lowest BCUT2D eigenvalue weighted by Gasteiger charge is -2.09. The summed E-state index contributed by atoms with van der Waals surface area (Å²) >= 11 is 0. The van der Waals surface area contributed by atoms with E-state index in [0.29, 0.717) is 17.1 Å². The van der Waals surface area contributed by atoms with Crippen LogP contribution in [0.25, 0.3) is 0 Å². The minimum atomic E-state index is -0.297. The highest BCUT2D eigenvalue weighted by Gasteiger charge is 2.11.